The molecule has 3 aromatic heterocycles. The van der Waals surface area contributed by atoms with Gasteiger partial charge in [-0.1, -0.05) is 48.5 Å². The molecule has 8 heteroatoms. The highest BCUT2D eigenvalue weighted by atomic mass is 79.9. The lowest BCUT2D eigenvalue weighted by Crippen LogP contribution is -3.00. The van der Waals surface area contributed by atoms with Crippen LogP contribution in [-0.2, 0) is 25.9 Å². The highest BCUT2D eigenvalue weighted by Crippen LogP contribution is 2.19. The van der Waals surface area contributed by atoms with E-state index in [1.165, 1.54) is 60.2 Å². The third kappa shape index (κ3) is 5.86. The van der Waals surface area contributed by atoms with Gasteiger partial charge in [-0.05, 0) is 42.4 Å². The SMILES string of the molecule is Nc1ncnc2c1ncn2Cc1ccc(CCc2ccc(C[n+]3ccc(N4CCCC4)cc3)cc2)cc1.[Br-]. The van der Waals surface area contributed by atoms with Crippen LogP contribution in [0.3, 0.4) is 0 Å². The van der Waals surface area contributed by atoms with Crippen molar-refractivity contribution in [2.75, 3.05) is 23.7 Å². The fourth-order valence-corrected chi connectivity index (χ4v) is 5.07. The minimum absolute atomic E-state index is 0. The Hall–Kier alpha value is -3.78. The molecule has 2 N–H and O–H groups in total. The summed E-state index contributed by atoms with van der Waals surface area (Å²) < 4.78 is 4.26. The van der Waals surface area contributed by atoms with Gasteiger partial charge >= 0.3 is 0 Å². The lowest BCUT2D eigenvalue weighted by molar-refractivity contribution is -0.688. The number of nitrogens with zero attached hydrogens (tertiary/aromatic N) is 6. The van der Waals surface area contributed by atoms with Crippen LogP contribution in [0.2, 0.25) is 0 Å². The Kier molecular flexibility index (Phi) is 7.98. The number of anilines is 2. The Labute approximate surface area is 233 Å². The lowest BCUT2D eigenvalue weighted by atomic mass is 10.0. The number of aryl methyl sites for hydroxylation is 2. The van der Waals surface area contributed by atoms with E-state index in [9.17, 15) is 0 Å². The normalized spacial score (nSPS) is 13.1. The van der Waals surface area contributed by atoms with Crippen molar-refractivity contribution >= 4 is 22.7 Å². The number of hydrogen-bond acceptors (Lipinski definition) is 5. The first kappa shape index (κ1) is 25.9. The maximum Gasteiger partial charge on any atom is 0.173 e. The quantitative estimate of drug-likeness (QED) is 0.284. The Balaban J connectivity index is 0.00000294. The van der Waals surface area contributed by atoms with Gasteiger partial charge in [0.1, 0.15) is 11.8 Å². The second-order valence-corrected chi connectivity index (χ2v) is 9.86. The highest BCUT2D eigenvalue weighted by molar-refractivity contribution is 5.81. The predicted molar refractivity (Wildman–Crippen MR) is 146 cm³/mol. The molecule has 6 rings (SSSR count). The molecule has 0 radical (unpaired) electrons. The van der Waals surface area contributed by atoms with Crippen LogP contribution in [0.5, 0.6) is 0 Å². The number of nitrogens with two attached hydrogens (primary N) is 1. The number of imidazole rings is 1. The smallest absolute Gasteiger partial charge is 0.173 e. The summed E-state index contributed by atoms with van der Waals surface area (Å²) in [6.07, 6.45) is 12.3. The van der Waals surface area contributed by atoms with Crippen LogP contribution in [0.15, 0.2) is 85.7 Å². The van der Waals surface area contributed by atoms with Gasteiger partial charge in [-0.2, -0.15) is 0 Å². The minimum atomic E-state index is 0. The van der Waals surface area contributed by atoms with E-state index in [1.807, 2.05) is 4.57 Å². The van der Waals surface area contributed by atoms with E-state index < -0.39 is 0 Å². The zero-order valence-corrected chi connectivity index (χ0v) is 23.0. The fourth-order valence-electron chi connectivity index (χ4n) is 5.07. The summed E-state index contributed by atoms with van der Waals surface area (Å²) in [6.45, 7) is 3.97. The summed E-state index contributed by atoms with van der Waals surface area (Å²) in [4.78, 5) is 15.2. The molecule has 1 aliphatic heterocycles. The number of aromatic nitrogens is 5. The lowest BCUT2D eigenvalue weighted by Gasteiger charge is -2.16. The second-order valence-electron chi connectivity index (χ2n) is 9.86. The molecule has 1 aliphatic rings. The Bertz CT molecular complexity index is 1470. The summed E-state index contributed by atoms with van der Waals surface area (Å²) >= 11 is 0. The molecule has 0 aliphatic carbocycles. The molecule has 0 spiro atoms. The van der Waals surface area contributed by atoms with E-state index in [-0.39, 0.29) is 17.0 Å². The molecule has 0 bridgehead atoms. The molecule has 0 atom stereocenters. The first-order valence-corrected chi connectivity index (χ1v) is 13.0. The molecule has 0 amide bonds. The van der Waals surface area contributed by atoms with Crippen molar-refractivity contribution in [3.8, 4) is 0 Å². The average Bonchev–Trinajstić information content (AvgIpc) is 3.61. The zero-order chi connectivity index (χ0) is 25.0. The minimum Gasteiger partial charge on any atom is -1.00 e. The molecule has 194 valence electrons. The standard InChI is InChI=1S/C30H32N7.BrH/c31-29-28-30(33-21-32-29)37(22-34-28)20-26-11-7-24(8-12-26)4-3-23-5-9-25(10-6-23)19-35-17-13-27(14-18-35)36-15-1-2-16-36;/h5-14,17-18,21-22H,1-4,15-16,19-20H2,(H2,31,32,33);1H/q+1;/p-1. The number of hydrogen-bond donors (Lipinski definition) is 1. The summed E-state index contributed by atoms with van der Waals surface area (Å²) in [5.41, 5.74) is 13.9. The van der Waals surface area contributed by atoms with Crippen molar-refractivity contribution in [3.63, 3.8) is 0 Å². The molecule has 38 heavy (non-hydrogen) atoms. The molecule has 0 unspecified atom stereocenters. The van der Waals surface area contributed by atoms with Gasteiger partial charge < -0.3 is 32.2 Å². The molecule has 2 aromatic carbocycles. The van der Waals surface area contributed by atoms with Crippen molar-refractivity contribution < 1.29 is 21.5 Å². The van der Waals surface area contributed by atoms with Gasteiger partial charge in [-0.3, -0.25) is 0 Å². The van der Waals surface area contributed by atoms with Crippen LogP contribution in [0, 0.1) is 0 Å². The summed E-state index contributed by atoms with van der Waals surface area (Å²) in [6, 6.07) is 22.3. The first-order valence-electron chi connectivity index (χ1n) is 13.0. The third-order valence-electron chi connectivity index (χ3n) is 7.24. The summed E-state index contributed by atoms with van der Waals surface area (Å²) in [7, 11) is 0. The molecule has 4 heterocycles. The van der Waals surface area contributed by atoms with Gasteiger partial charge in [0.15, 0.2) is 30.4 Å². The van der Waals surface area contributed by atoms with Crippen LogP contribution in [0.1, 0.15) is 35.1 Å². The van der Waals surface area contributed by atoms with Gasteiger partial charge in [-0.15, -0.1) is 0 Å². The average molecular weight is 571 g/mol. The zero-order valence-electron chi connectivity index (χ0n) is 21.4. The third-order valence-corrected chi connectivity index (χ3v) is 7.24. The first-order chi connectivity index (χ1) is 18.2. The van der Waals surface area contributed by atoms with E-state index in [2.05, 4.69) is 97.5 Å². The maximum absolute atomic E-state index is 5.90. The predicted octanol–water partition coefficient (Wildman–Crippen LogP) is 1.18. The molecule has 1 fully saturated rings. The van der Waals surface area contributed by atoms with Crippen LogP contribution in [0.25, 0.3) is 11.2 Å². The van der Waals surface area contributed by atoms with E-state index in [0.717, 1.165) is 25.0 Å². The van der Waals surface area contributed by atoms with Crippen molar-refractivity contribution in [1.29, 1.82) is 0 Å². The molecule has 1 saturated heterocycles. The van der Waals surface area contributed by atoms with E-state index in [4.69, 9.17) is 5.73 Å². The largest absolute Gasteiger partial charge is 1.00 e. The van der Waals surface area contributed by atoms with Crippen molar-refractivity contribution in [2.24, 2.45) is 0 Å². The number of pyridine rings is 1. The highest BCUT2D eigenvalue weighted by Gasteiger charge is 2.13. The van der Waals surface area contributed by atoms with E-state index >= 15 is 0 Å². The van der Waals surface area contributed by atoms with Crippen molar-refractivity contribution in [3.05, 3.63) is 108 Å². The van der Waals surface area contributed by atoms with E-state index in [1.54, 1.807) is 6.33 Å². The number of halogens is 1. The van der Waals surface area contributed by atoms with Crippen LogP contribution >= 0.6 is 0 Å². The van der Waals surface area contributed by atoms with Gasteiger partial charge in [0.05, 0.1) is 12.9 Å². The van der Waals surface area contributed by atoms with Gasteiger partial charge in [0, 0.05) is 36.5 Å². The topological polar surface area (TPSA) is 76.7 Å². The molecule has 0 saturated carbocycles. The van der Waals surface area contributed by atoms with Crippen LogP contribution in [-0.4, -0.2) is 32.6 Å². The van der Waals surface area contributed by atoms with Crippen molar-refractivity contribution in [2.45, 2.75) is 38.8 Å². The van der Waals surface area contributed by atoms with Gasteiger partial charge in [0.25, 0.3) is 0 Å². The van der Waals surface area contributed by atoms with Crippen LogP contribution < -0.4 is 32.2 Å². The fraction of sp³-hybridized carbons (Fsp3) is 0.267. The number of benzene rings is 2. The summed E-state index contributed by atoms with van der Waals surface area (Å²) in [5.74, 6) is 0.414. The number of rotatable bonds is 8. The maximum atomic E-state index is 5.90. The number of fused-ring (bicyclic) bond motifs is 1. The summed E-state index contributed by atoms with van der Waals surface area (Å²) in [5, 5.41) is 0. The molecule has 7 nitrogen and oxygen atoms in total. The molecular weight excluding hydrogens is 538 g/mol. The molecular formula is C30H32BrN7. The van der Waals surface area contributed by atoms with E-state index in [0.29, 0.717) is 17.9 Å². The second kappa shape index (κ2) is 11.7. The Morgan fingerprint density at radius 3 is 2.00 bits per heavy atom. The van der Waals surface area contributed by atoms with Crippen molar-refractivity contribution in [1.82, 2.24) is 19.5 Å². The Morgan fingerprint density at radius 2 is 1.34 bits per heavy atom. The number of nitrogen functional groups attached to an aromatic ring is 1. The Morgan fingerprint density at radius 1 is 0.737 bits per heavy atom. The van der Waals surface area contributed by atoms with Gasteiger partial charge in [0.2, 0.25) is 0 Å². The monoisotopic (exact) mass is 569 g/mol. The van der Waals surface area contributed by atoms with Gasteiger partial charge in [-0.25, -0.2) is 19.5 Å². The van der Waals surface area contributed by atoms with Crippen LogP contribution in [0.4, 0.5) is 11.5 Å². The molecule has 5 aromatic rings.